The molecule has 0 amide bonds. The van der Waals surface area contributed by atoms with E-state index in [1.54, 1.807) is 30.3 Å². The van der Waals surface area contributed by atoms with E-state index in [0.717, 1.165) is 4.57 Å². The van der Waals surface area contributed by atoms with Gasteiger partial charge in [-0.1, -0.05) is 115 Å². The fourth-order valence-corrected chi connectivity index (χ4v) is 6.13. The lowest BCUT2D eigenvalue weighted by Crippen LogP contribution is -2.06. The van der Waals surface area contributed by atoms with Crippen LogP contribution in [0.3, 0.4) is 0 Å². The highest BCUT2D eigenvalue weighted by molar-refractivity contribution is 6.17. The molecule has 0 atom stereocenters. The lowest BCUT2D eigenvalue weighted by atomic mass is 9.99. The SMILES string of the molecule is [2H]c1c([2H])c([2H])c(-c2nc(-c3c([2H])c([2H])c4c(oc5c([2H])c([2H])c([2H])c(-c6ccccc6)c54)c3[2H])nc(-n3c4c([2H])c([2H])c([2H])c([2H])c4c4c([2H])c5oc6c([2H])c([2H])c([2H])c([2H])c6c5c([2H])c43)n2)c([2H])c1[2H]. The Balaban J connectivity index is 1.35. The van der Waals surface area contributed by atoms with Crippen molar-refractivity contribution < 1.29 is 37.6 Å². The van der Waals surface area contributed by atoms with Crippen LogP contribution in [0.4, 0.5) is 0 Å². The van der Waals surface area contributed by atoms with Crippen LogP contribution < -0.4 is 0 Å². The smallest absolute Gasteiger partial charge is 0.238 e. The molecule has 0 spiro atoms. The minimum Gasteiger partial charge on any atom is -0.456 e. The molecule has 4 heterocycles. The van der Waals surface area contributed by atoms with E-state index in [9.17, 15) is 8.22 Å². The second-order valence-corrected chi connectivity index (χ2v) is 11.2. The third kappa shape index (κ3) is 4.26. The molecule has 0 aliphatic rings. The van der Waals surface area contributed by atoms with E-state index < -0.39 is 189 Å². The van der Waals surface area contributed by atoms with E-state index in [2.05, 4.69) is 15.0 Å². The van der Waals surface area contributed by atoms with E-state index in [4.69, 9.17) is 29.4 Å². The molecule has 51 heavy (non-hydrogen) atoms. The number of aromatic nitrogens is 4. The Morgan fingerprint density at radius 2 is 1.18 bits per heavy atom. The van der Waals surface area contributed by atoms with Crippen LogP contribution in [0.2, 0.25) is 0 Å². The van der Waals surface area contributed by atoms with Crippen LogP contribution >= 0.6 is 0 Å². The van der Waals surface area contributed by atoms with Gasteiger partial charge in [0.05, 0.1) is 39.8 Å². The van der Waals surface area contributed by atoms with E-state index in [1.165, 1.54) is 0 Å². The third-order valence-electron chi connectivity index (χ3n) is 8.32. The summed E-state index contributed by atoms with van der Waals surface area (Å²) in [5.41, 5.74) is -3.36. The monoisotopic (exact) mass is 675 g/mol. The number of furan rings is 2. The highest BCUT2D eigenvalue weighted by Crippen LogP contribution is 2.40. The van der Waals surface area contributed by atoms with Crippen molar-refractivity contribution in [3.63, 3.8) is 0 Å². The van der Waals surface area contributed by atoms with Gasteiger partial charge in [0.15, 0.2) is 11.6 Å². The van der Waals surface area contributed by atoms with Crippen LogP contribution in [-0.2, 0) is 0 Å². The average Bonchev–Trinajstić information content (AvgIpc) is 4.08. The highest BCUT2D eigenvalue weighted by atomic mass is 16.3. The van der Waals surface area contributed by atoms with Crippen molar-refractivity contribution in [3.8, 4) is 39.9 Å². The van der Waals surface area contributed by atoms with Gasteiger partial charge < -0.3 is 8.83 Å². The van der Waals surface area contributed by atoms with Gasteiger partial charge in [-0.15, -0.1) is 0 Å². The van der Waals surface area contributed by atoms with Gasteiger partial charge >= 0.3 is 0 Å². The molecule has 0 fully saturated rings. The van der Waals surface area contributed by atoms with Crippen LogP contribution in [-0.4, -0.2) is 19.5 Å². The van der Waals surface area contributed by atoms with Crippen molar-refractivity contribution in [2.45, 2.75) is 0 Å². The molecule has 11 aromatic rings. The zero-order chi connectivity index (χ0) is 51.7. The normalized spacial score (nSPS) is 17.7. The number of para-hydroxylation sites is 2. The average molecular weight is 676 g/mol. The van der Waals surface area contributed by atoms with Crippen molar-refractivity contribution in [3.05, 3.63) is 157 Å². The maximum absolute atomic E-state index is 9.77. The van der Waals surface area contributed by atoms with Crippen molar-refractivity contribution >= 4 is 65.7 Å². The number of rotatable bonds is 4. The molecule has 0 bridgehead atoms. The van der Waals surface area contributed by atoms with Gasteiger partial charge in [0.2, 0.25) is 5.95 Å². The second kappa shape index (κ2) is 10.7. The lowest BCUT2D eigenvalue weighted by molar-refractivity contribution is 0.669. The molecule has 0 aliphatic heterocycles. The fourth-order valence-electron chi connectivity index (χ4n) is 6.13. The van der Waals surface area contributed by atoms with Crippen molar-refractivity contribution in [1.82, 2.24) is 19.5 Å². The van der Waals surface area contributed by atoms with Gasteiger partial charge in [-0.2, -0.15) is 9.97 Å². The summed E-state index contributed by atoms with van der Waals surface area (Å²) in [6, 6.07) is -6.60. The predicted molar refractivity (Wildman–Crippen MR) is 205 cm³/mol. The van der Waals surface area contributed by atoms with E-state index >= 15 is 0 Å². The molecule has 0 N–H and O–H groups in total. The van der Waals surface area contributed by atoms with Crippen LogP contribution in [0.25, 0.3) is 106 Å². The second-order valence-electron chi connectivity index (χ2n) is 11.2. The number of hydrogen-bond donors (Lipinski definition) is 0. The molecule has 0 saturated carbocycles. The van der Waals surface area contributed by atoms with Gasteiger partial charge in [0.25, 0.3) is 0 Å². The Kier molecular flexibility index (Phi) is 3.03. The summed E-state index contributed by atoms with van der Waals surface area (Å²) in [6.45, 7) is 0. The molecule has 6 heteroatoms. The summed E-state index contributed by atoms with van der Waals surface area (Å²) in [5.74, 6) is -2.21. The Bertz CT molecular complexity index is 4330. The van der Waals surface area contributed by atoms with E-state index in [1.807, 2.05) is 0 Å². The quantitative estimate of drug-likeness (QED) is 0.186. The first kappa shape index (κ1) is 14.4. The Labute approximate surface area is 320 Å². The van der Waals surface area contributed by atoms with E-state index in [0.29, 0.717) is 5.56 Å². The first-order chi connectivity index (χ1) is 34.0. The highest BCUT2D eigenvalue weighted by Gasteiger charge is 2.21. The zero-order valence-electron chi connectivity index (χ0n) is 46.5. The summed E-state index contributed by atoms with van der Waals surface area (Å²) in [6.07, 6.45) is 0. The van der Waals surface area contributed by atoms with Gasteiger partial charge in [-0.3, -0.25) is 4.57 Å². The molecule has 0 saturated heterocycles. The molecular formula is C45H26N4O2. The fraction of sp³-hybridized carbons (Fsp3) is 0. The van der Waals surface area contributed by atoms with Gasteiger partial charge in [-0.05, 0) is 53.4 Å². The summed E-state index contributed by atoms with van der Waals surface area (Å²) in [4.78, 5) is 13.6. The summed E-state index contributed by atoms with van der Waals surface area (Å²) < 4.78 is 200. The standard InChI is InChI=1S/C45H26N4O2/c1-3-12-27(13-4-1)30-18-11-21-39-42(30)33-23-22-29(24-40(33)51-39)44-46-43(28-14-5-2-6-15-28)47-45(48-44)49-36-19-9-7-16-31(36)34-26-41-35(25-37(34)49)32-17-8-10-20-38(32)50-41/h1-26H/i2D,5D,6D,7D,8D,9D,10D,11D,14D,15D,16D,17D,18D,19D,20D,21D,22D,23D,24D,25D,26D. The number of fused-ring (bicyclic) bond motifs is 9. The zero-order valence-corrected chi connectivity index (χ0v) is 25.5. The number of benzene rings is 7. The third-order valence-corrected chi connectivity index (χ3v) is 8.32. The van der Waals surface area contributed by atoms with Gasteiger partial charge in [0.1, 0.15) is 22.3 Å². The molecule has 0 unspecified atom stereocenters. The van der Waals surface area contributed by atoms with Crippen LogP contribution in [0, 0.1) is 0 Å². The molecule has 0 radical (unpaired) electrons. The van der Waals surface area contributed by atoms with Crippen molar-refractivity contribution in [1.29, 1.82) is 0 Å². The first-order valence-electron chi connectivity index (χ1n) is 25.7. The Morgan fingerprint density at radius 1 is 0.451 bits per heavy atom. The summed E-state index contributed by atoms with van der Waals surface area (Å²) in [7, 11) is 0. The summed E-state index contributed by atoms with van der Waals surface area (Å²) in [5, 5.41) is -1.67. The van der Waals surface area contributed by atoms with Crippen LogP contribution in [0.5, 0.6) is 0 Å². The summed E-state index contributed by atoms with van der Waals surface area (Å²) >= 11 is 0. The van der Waals surface area contributed by atoms with Crippen LogP contribution in [0.15, 0.2) is 166 Å². The molecule has 7 aromatic carbocycles. The molecule has 4 aromatic heterocycles. The number of nitrogens with zero attached hydrogens (tertiary/aromatic N) is 4. The van der Waals surface area contributed by atoms with Gasteiger partial charge in [0, 0.05) is 43.4 Å². The molecule has 6 nitrogen and oxygen atoms in total. The molecular weight excluding hydrogens is 629 g/mol. The predicted octanol–water partition coefficient (Wildman–Crippen LogP) is 11.8. The first-order valence-corrected chi connectivity index (χ1v) is 15.2. The largest absolute Gasteiger partial charge is 0.456 e. The lowest BCUT2D eigenvalue weighted by Gasteiger charge is -2.11. The van der Waals surface area contributed by atoms with Gasteiger partial charge in [-0.25, -0.2) is 4.98 Å². The van der Waals surface area contributed by atoms with Crippen LogP contribution in [0.1, 0.15) is 28.8 Å². The van der Waals surface area contributed by atoms with E-state index in [-0.39, 0.29) is 38.1 Å². The molecule has 0 aliphatic carbocycles. The maximum atomic E-state index is 9.77. The minimum atomic E-state index is -0.844. The topological polar surface area (TPSA) is 69.9 Å². The molecule has 238 valence electrons. The Morgan fingerprint density at radius 3 is 2.06 bits per heavy atom. The maximum Gasteiger partial charge on any atom is 0.238 e. The number of hydrogen-bond acceptors (Lipinski definition) is 5. The minimum absolute atomic E-state index is 0.0200. The van der Waals surface area contributed by atoms with Crippen molar-refractivity contribution in [2.24, 2.45) is 0 Å². The van der Waals surface area contributed by atoms with Crippen molar-refractivity contribution in [2.75, 3.05) is 0 Å². The Hall–Kier alpha value is -7.05. The molecule has 11 rings (SSSR count).